The van der Waals surface area contributed by atoms with Crippen LogP contribution >= 0.6 is 0 Å². The van der Waals surface area contributed by atoms with E-state index < -0.39 is 0 Å². The van der Waals surface area contributed by atoms with Crippen LogP contribution in [0.2, 0.25) is 0 Å². The Kier molecular flexibility index (Phi) is 4.49. The molecule has 0 aliphatic heterocycles. The molecule has 1 fully saturated rings. The van der Waals surface area contributed by atoms with E-state index >= 15 is 0 Å². The van der Waals surface area contributed by atoms with Crippen LogP contribution in [0.3, 0.4) is 0 Å². The van der Waals surface area contributed by atoms with Gasteiger partial charge in [0.1, 0.15) is 11.6 Å². The maximum Gasteiger partial charge on any atom is 0.232 e. The molecule has 1 N–H and O–H groups in total. The van der Waals surface area contributed by atoms with Crippen LogP contribution in [0.4, 0.5) is 11.6 Å². The molecule has 3 aromatic rings. The lowest BCUT2D eigenvalue weighted by Gasteiger charge is -2.12. The van der Waals surface area contributed by atoms with E-state index in [0.717, 1.165) is 40.8 Å². The number of hydrogen-bond acceptors (Lipinski definition) is 5. The minimum Gasteiger partial charge on any atom is -0.497 e. The van der Waals surface area contributed by atoms with Crippen molar-refractivity contribution in [3.63, 3.8) is 0 Å². The highest BCUT2D eigenvalue weighted by Gasteiger charge is 2.21. The minimum absolute atomic E-state index is 0.689. The summed E-state index contributed by atoms with van der Waals surface area (Å²) in [5.74, 6) is 3.24. The van der Waals surface area contributed by atoms with Crippen LogP contribution < -0.4 is 10.1 Å². The number of benzene rings is 1. The number of anilines is 2. The molecule has 0 spiro atoms. The zero-order valence-electron chi connectivity index (χ0n) is 15.6. The first-order chi connectivity index (χ1) is 12.6. The Morgan fingerprint density at radius 3 is 2.81 bits per heavy atom. The number of methoxy groups -OCH3 is 1. The first-order valence-corrected chi connectivity index (χ1v) is 9.27. The summed E-state index contributed by atoms with van der Waals surface area (Å²) in [6, 6.07) is 5.93. The van der Waals surface area contributed by atoms with E-state index in [1.54, 1.807) is 7.11 Å². The lowest BCUT2D eigenvalue weighted by atomic mass is 10.1. The lowest BCUT2D eigenvalue weighted by Crippen LogP contribution is -2.07. The van der Waals surface area contributed by atoms with Crippen molar-refractivity contribution in [3.8, 4) is 5.75 Å². The van der Waals surface area contributed by atoms with Gasteiger partial charge in [-0.2, -0.15) is 14.6 Å². The molecule has 6 heteroatoms. The third-order valence-corrected chi connectivity index (χ3v) is 4.99. The summed E-state index contributed by atoms with van der Waals surface area (Å²) in [5, 5.41) is 7.94. The van der Waals surface area contributed by atoms with E-state index in [1.165, 1.54) is 31.2 Å². The lowest BCUT2D eigenvalue weighted by molar-refractivity contribution is 0.414. The second-order valence-electron chi connectivity index (χ2n) is 7.14. The predicted octanol–water partition coefficient (Wildman–Crippen LogP) is 4.23. The van der Waals surface area contributed by atoms with E-state index in [9.17, 15) is 0 Å². The maximum absolute atomic E-state index is 5.28. The van der Waals surface area contributed by atoms with Crippen LogP contribution in [-0.4, -0.2) is 26.7 Å². The second kappa shape index (κ2) is 6.94. The van der Waals surface area contributed by atoms with Crippen LogP contribution in [0.25, 0.3) is 5.65 Å². The van der Waals surface area contributed by atoms with Gasteiger partial charge in [-0.25, -0.2) is 4.98 Å². The van der Waals surface area contributed by atoms with Crippen molar-refractivity contribution in [1.29, 1.82) is 0 Å². The molecule has 1 aliphatic rings. The third-order valence-electron chi connectivity index (χ3n) is 4.99. The molecule has 0 radical (unpaired) electrons. The molecule has 2 heterocycles. The molecule has 1 aromatic carbocycles. The molecule has 136 valence electrons. The standard InChI is InChI=1S/C20H25N5O/c1-13-11-17(26-3)9-10-18(13)24-20-23-14(2)22-19-16(12-21-25(19)20)6-4-5-15-7-8-15/h9-12,15H,4-8H2,1-3H3,(H,22,23,24). The Morgan fingerprint density at radius 2 is 2.08 bits per heavy atom. The van der Waals surface area contributed by atoms with E-state index in [1.807, 2.05) is 42.8 Å². The Balaban J connectivity index is 1.61. The van der Waals surface area contributed by atoms with Gasteiger partial charge < -0.3 is 10.1 Å². The topological polar surface area (TPSA) is 64.3 Å². The van der Waals surface area contributed by atoms with Crippen LogP contribution in [0.1, 0.15) is 42.6 Å². The van der Waals surface area contributed by atoms with Gasteiger partial charge in [0.15, 0.2) is 5.65 Å². The Bertz CT molecular complexity index is 929. The van der Waals surface area contributed by atoms with Crippen molar-refractivity contribution in [3.05, 3.63) is 41.3 Å². The number of hydrogen-bond donors (Lipinski definition) is 1. The fraction of sp³-hybridized carbons (Fsp3) is 0.450. The smallest absolute Gasteiger partial charge is 0.232 e. The number of rotatable bonds is 7. The monoisotopic (exact) mass is 351 g/mol. The molecule has 1 saturated carbocycles. The average molecular weight is 351 g/mol. The zero-order chi connectivity index (χ0) is 18.1. The normalized spacial score (nSPS) is 14.0. The molecular weight excluding hydrogens is 326 g/mol. The van der Waals surface area contributed by atoms with E-state index in [-0.39, 0.29) is 0 Å². The Labute approximate surface area is 153 Å². The number of ether oxygens (including phenoxy) is 1. The number of nitrogens with zero attached hydrogens (tertiary/aromatic N) is 4. The molecule has 6 nitrogen and oxygen atoms in total. The molecule has 0 unspecified atom stereocenters. The van der Waals surface area contributed by atoms with Crippen molar-refractivity contribution in [2.45, 2.75) is 46.0 Å². The SMILES string of the molecule is COc1ccc(Nc2nc(C)nc3c(CCCC4CC4)cnn23)c(C)c1. The second-order valence-corrected chi connectivity index (χ2v) is 7.14. The third kappa shape index (κ3) is 3.49. The molecule has 0 atom stereocenters. The van der Waals surface area contributed by atoms with Gasteiger partial charge >= 0.3 is 0 Å². The number of aryl methyl sites for hydroxylation is 3. The molecule has 0 amide bonds. The average Bonchev–Trinajstić information content (AvgIpc) is 3.36. The fourth-order valence-electron chi connectivity index (χ4n) is 3.30. The molecule has 1 aliphatic carbocycles. The summed E-state index contributed by atoms with van der Waals surface area (Å²) in [6.07, 6.45) is 8.30. The zero-order valence-corrected chi connectivity index (χ0v) is 15.6. The highest BCUT2D eigenvalue weighted by Crippen LogP contribution is 2.34. The van der Waals surface area contributed by atoms with Gasteiger partial charge in [0, 0.05) is 11.3 Å². The first kappa shape index (κ1) is 16.8. The summed E-state index contributed by atoms with van der Waals surface area (Å²) in [5.41, 5.74) is 4.18. The number of nitrogens with one attached hydrogen (secondary N) is 1. The molecule has 0 bridgehead atoms. The number of aromatic nitrogens is 4. The Hall–Kier alpha value is -2.63. The van der Waals surface area contributed by atoms with E-state index in [4.69, 9.17) is 4.74 Å². The quantitative estimate of drug-likeness (QED) is 0.690. The summed E-state index contributed by atoms with van der Waals surface area (Å²) >= 11 is 0. The predicted molar refractivity (Wildman–Crippen MR) is 102 cm³/mol. The largest absolute Gasteiger partial charge is 0.497 e. The van der Waals surface area contributed by atoms with Gasteiger partial charge in [-0.1, -0.05) is 19.3 Å². The summed E-state index contributed by atoms with van der Waals surface area (Å²) in [6.45, 7) is 3.97. The minimum atomic E-state index is 0.689. The molecule has 26 heavy (non-hydrogen) atoms. The van der Waals surface area contributed by atoms with Gasteiger partial charge in [0.05, 0.1) is 13.3 Å². The number of fused-ring (bicyclic) bond motifs is 1. The molecule has 2 aromatic heterocycles. The molecule has 0 saturated heterocycles. The van der Waals surface area contributed by atoms with Gasteiger partial charge in [0.2, 0.25) is 5.95 Å². The fourth-order valence-corrected chi connectivity index (χ4v) is 3.30. The van der Waals surface area contributed by atoms with Crippen LogP contribution in [-0.2, 0) is 6.42 Å². The highest BCUT2D eigenvalue weighted by atomic mass is 16.5. The van der Waals surface area contributed by atoms with Gasteiger partial charge in [0.25, 0.3) is 0 Å². The summed E-state index contributed by atoms with van der Waals surface area (Å²) in [7, 11) is 1.67. The van der Waals surface area contributed by atoms with Gasteiger partial charge in [-0.15, -0.1) is 0 Å². The highest BCUT2D eigenvalue weighted by molar-refractivity contribution is 5.62. The van der Waals surface area contributed by atoms with Gasteiger partial charge in [-0.05, 0) is 56.4 Å². The summed E-state index contributed by atoms with van der Waals surface area (Å²) < 4.78 is 7.09. The Morgan fingerprint density at radius 1 is 1.23 bits per heavy atom. The van der Waals surface area contributed by atoms with Gasteiger partial charge in [-0.3, -0.25) is 0 Å². The van der Waals surface area contributed by atoms with Crippen molar-refractivity contribution < 1.29 is 4.74 Å². The molecular formula is C20H25N5O. The van der Waals surface area contributed by atoms with Crippen LogP contribution in [0, 0.1) is 19.8 Å². The van der Waals surface area contributed by atoms with Crippen molar-refractivity contribution in [2.75, 3.05) is 12.4 Å². The maximum atomic E-state index is 5.28. The van der Waals surface area contributed by atoms with Crippen LogP contribution in [0.15, 0.2) is 24.4 Å². The van der Waals surface area contributed by atoms with Crippen molar-refractivity contribution in [1.82, 2.24) is 19.6 Å². The molecule has 4 rings (SSSR count). The van der Waals surface area contributed by atoms with Crippen LogP contribution in [0.5, 0.6) is 5.75 Å². The first-order valence-electron chi connectivity index (χ1n) is 9.27. The van der Waals surface area contributed by atoms with E-state index in [2.05, 4.69) is 20.4 Å². The summed E-state index contributed by atoms with van der Waals surface area (Å²) in [4.78, 5) is 9.19. The van der Waals surface area contributed by atoms with Crippen molar-refractivity contribution >= 4 is 17.3 Å². The van der Waals surface area contributed by atoms with E-state index in [0.29, 0.717) is 5.95 Å². The van der Waals surface area contributed by atoms with Crippen molar-refractivity contribution in [2.24, 2.45) is 5.92 Å².